The number of nitrogens with zero attached hydrogens (tertiary/aromatic N) is 2. The van der Waals surface area contributed by atoms with E-state index in [1.807, 2.05) is 0 Å². The van der Waals surface area contributed by atoms with Gasteiger partial charge in [-0.25, -0.2) is 0 Å². The van der Waals surface area contributed by atoms with Gasteiger partial charge in [-0.1, -0.05) is 0 Å². The van der Waals surface area contributed by atoms with Crippen LogP contribution in [0.5, 0.6) is 0 Å². The van der Waals surface area contributed by atoms with Crippen molar-refractivity contribution in [2.75, 3.05) is 26.2 Å². The van der Waals surface area contributed by atoms with Gasteiger partial charge in [0, 0.05) is 25.2 Å². The van der Waals surface area contributed by atoms with Gasteiger partial charge in [0.15, 0.2) is 0 Å². The van der Waals surface area contributed by atoms with Gasteiger partial charge in [0.25, 0.3) is 0 Å². The van der Waals surface area contributed by atoms with Crippen molar-refractivity contribution in [3.63, 3.8) is 0 Å². The molecule has 0 aromatic heterocycles. The average Bonchev–Trinajstić information content (AvgIpc) is 3.10. The maximum atomic E-state index is 11.0. The highest BCUT2D eigenvalue weighted by Crippen LogP contribution is 2.31. The molecule has 0 radical (unpaired) electrons. The first kappa shape index (κ1) is 13.4. The summed E-state index contributed by atoms with van der Waals surface area (Å²) in [7, 11) is 0. The van der Waals surface area contributed by atoms with E-state index in [4.69, 9.17) is 5.11 Å². The molecule has 2 heterocycles. The summed E-state index contributed by atoms with van der Waals surface area (Å²) in [5.74, 6) is -0.664. The van der Waals surface area contributed by atoms with Crippen LogP contribution < -0.4 is 0 Å². The number of rotatable bonds is 3. The maximum Gasteiger partial charge on any atom is 0.306 e. The molecule has 0 aromatic rings. The first-order valence-corrected chi connectivity index (χ1v) is 7.95. The molecule has 1 N–H and O–H groups in total. The predicted octanol–water partition coefficient (Wildman–Crippen LogP) is 1.80. The largest absolute Gasteiger partial charge is 0.481 e. The summed E-state index contributed by atoms with van der Waals surface area (Å²) in [6.45, 7) is 5.04. The van der Waals surface area contributed by atoms with E-state index in [9.17, 15) is 4.79 Å². The Balaban J connectivity index is 1.47. The fraction of sp³-hybridized carbons (Fsp3) is 0.933. The van der Waals surface area contributed by atoms with Gasteiger partial charge in [-0.3, -0.25) is 14.6 Å². The van der Waals surface area contributed by atoms with E-state index < -0.39 is 5.97 Å². The third kappa shape index (κ3) is 2.95. The number of hydrogen-bond acceptors (Lipinski definition) is 3. The van der Waals surface area contributed by atoms with Crippen LogP contribution in [-0.4, -0.2) is 59.1 Å². The quantitative estimate of drug-likeness (QED) is 0.846. The topological polar surface area (TPSA) is 43.8 Å². The Hall–Kier alpha value is -0.610. The lowest BCUT2D eigenvalue weighted by Crippen LogP contribution is -2.41. The number of carboxylic acids is 1. The van der Waals surface area contributed by atoms with Crippen LogP contribution in [0.2, 0.25) is 0 Å². The number of hydrogen-bond donors (Lipinski definition) is 1. The average molecular weight is 266 g/mol. The van der Waals surface area contributed by atoms with Crippen LogP contribution in [0.25, 0.3) is 0 Å². The Morgan fingerprint density at radius 1 is 0.842 bits per heavy atom. The van der Waals surface area contributed by atoms with E-state index in [1.54, 1.807) is 0 Å². The fourth-order valence-electron chi connectivity index (χ4n) is 4.19. The molecule has 4 nitrogen and oxygen atoms in total. The van der Waals surface area contributed by atoms with Crippen LogP contribution >= 0.6 is 0 Å². The maximum absolute atomic E-state index is 11.0. The molecule has 0 bridgehead atoms. The van der Waals surface area contributed by atoms with Gasteiger partial charge in [-0.15, -0.1) is 0 Å². The number of aliphatic carboxylic acids is 1. The van der Waals surface area contributed by atoms with Crippen molar-refractivity contribution in [1.29, 1.82) is 0 Å². The van der Waals surface area contributed by atoms with E-state index in [1.165, 1.54) is 45.4 Å². The molecule has 3 aliphatic rings. The molecular weight excluding hydrogens is 240 g/mol. The second-order valence-corrected chi connectivity index (χ2v) is 6.52. The minimum atomic E-state index is -0.588. The van der Waals surface area contributed by atoms with Crippen molar-refractivity contribution in [3.8, 4) is 0 Å². The number of carboxylic acid groups (broad SMARTS) is 1. The third-order valence-electron chi connectivity index (χ3n) is 5.41. The summed E-state index contributed by atoms with van der Waals surface area (Å²) >= 11 is 0. The molecule has 1 atom stereocenters. The molecule has 2 aliphatic heterocycles. The lowest BCUT2D eigenvalue weighted by atomic mass is 9.85. The normalized spacial score (nSPS) is 37.8. The summed E-state index contributed by atoms with van der Waals surface area (Å²) in [4.78, 5) is 16.3. The lowest BCUT2D eigenvalue weighted by molar-refractivity contribution is -0.143. The highest BCUT2D eigenvalue weighted by molar-refractivity contribution is 5.70. The molecule has 1 unspecified atom stereocenters. The van der Waals surface area contributed by atoms with E-state index in [-0.39, 0.29) is 5.92 Å². The Bertz CT molecular complexity index is 320. The van der Waals surface area contributed by atoms with Crippen LogP contribution in [-0.2, 0) is 4.79 Å². The van der Waals surface area contributed by atoms with E-state index in [0.29, 0.717) is 6.04 Å². The lowest BCUT2D eigenvalue weighted by Gasteiger charge is -2.34. The Labute approximate surface area is 115 Å². The summed E-state index contributed by atoms with van der Waals surface area (Å²) < 4.78 is 0. The monoisotopic (exact) mass is 266 g/mol. The van der Waals surface area contributed by atoms with Crippen LogP contribution in [0.4, 0.5) is 0 Å². The molecule has 1 saturated carbocycles. The van der Waals surface area contributed by atoms with Crippen molar-refractivity contribution >= 4 is 5.97 Å². The molecule has 3 rings (SSSR count). The SMILES string of the molecule is O=C(O)C1CCC(N2CCC(N3CCCC3)C2)CC1. The molecule has 19 heavy (non-hydrogen) atoms. The van der Waals surface area contributed by atoms with Gasteiger partial charge < -0.3 is 5.11 Å². The molecule has 2 saturated heterocycles. The van der Waals surface area contributed by atoms with Gasteiger partial charge in [0.2, 0.25) is 0 Å². The third-order valence-corrected chi connectivity index (χ3v) is 5.41. The zero-order valence-corrected chi connectivity index (χ0v) is 11.8. The van der Waals surface area contributed by atoms with Gasteiger partial charge in [0.05, 0.1) is 5.92 Å². The fourth-order valence-corrected chi connectivity index (χ4v) is 4.19. The van der Waals surface area contributed by atoms with E-state index >= 15 is 0 Å². The van der Waals surface area contributed by atoms with Gasteiger partial charge in [-0.05, 0) is 58.0 Å². The molecule has 108 valence electrons. The smallest absolute Gasteiger partial charge is 0.306 e. The molecule has 0 aromatic carbocycles. The molecule has 0 amide bonds. The standard InChI is InChI=1S/C15H26N2O2/c18-15(19)12-3-5-13(6-4-12)17-10-7-14(11-17)16-8-1-2-9-16/h12-14H,1-11H2,(H,18,19). The zero-order chi connectivity index (χ0) is 13.2. The van der Waals surface area contributed by atoms with Crippen LogP contribution in [0, 0.1) is 5.92 Å². The molecular formula is C15H26N2O2. The molecule has 1 aliphatic carbocycles. The summed E-state index contributed by atoms with van der Waals surface area (Å²) in [5, 5.41) is 9.06. The minimum Gasteiger partial charge on any atom is -0.481 e. The highest BCUT2D eigenvalue weighted by Gasteiger charge is 2.35. The van der Waals surface area contributed by atoms with Crippen LogP contribution in [0.3, 0.4) is 0 Å². The van der Waals surface area contributed by atoms with Crippen molar-refractivity contribution in [2.45, 2.75) is 57.0 Å². The first-order chi connectivity index (χ1) is 9.24. The molecule has 4 heteroatoms. The minimum absolute atomic E-state index is 0.0757. The van der Waals surface area contributed by atoms with Gasteiger partial charge in [0.1, 0.15) is 0 Å². The van der Waals surface area contributed by atoms with E-state index in [2.05, 4.69) is 9.80 Å². The highest BCUT2D eigenvalue weighted by atomic mass is 16.4. The van der Waals surface area contributed by atoms with E-state index in [0.717, 1.165) is 31.7 Å². The molecule has 3 fully saturated rings. The summed E-state index contributed by atoms with van der Waals surface area (Å²) in [5.41, 5.74) is 0. The number of likely N-dealkylation sites (tertiary alicyclic amines) is 2. The van der Waals surface area contributed by atoms with Crippen LogP contribution in [0.1, 0.15) is 44.9 Å². The second-order valence-electron chi connectivity index (χ2n) is 6.52. The molecule has 0 spiro atoms. The Morgan fingerprint density at radius 2 is 1.53 bits per heavy atom. The predicted molar refractivity (Wildman–Crippen MR) is 74.2 cm³/mol. The number of carbonyl (C=O) groups is 1. The summed E-state index contributed by atoms with van der Waals surface area (Å²) in [6.07, 6.45) is 8.00. The van der Waals surface area contributed by atoms with Gasteiger partial charge >= 0.3 is 5.97 Å². The van der Waals surface area contributed by atoms with Crippen molar-refractivity contribution < 1.29 is 9.90 Å². The van der Waals surface area contributed by atoms with Gasteiger partial charge in [-0.2, -0.15) is 0 Å². The van der Waals surface area contributed by atoms with Crippen LogP contribution in [0.15, 0.2) is 0 Å². The van der Waals surface area contributed by atoms with Crippen molar-refractivity contribution in [3.05, 3.63) is 0 Å². The Morgan fingerprint density at radius 3 is 2.16 bits per heavy atom. The summed E-state index contributed by atoms with van der Waals surface area (Å²) in [6, 6.07) is 1.43. The van der Waals surface area contributed by atoms with Crippen molar-refractivity contribution in [2.24, 2.45) is 5.92 Å². The second kappa shape index (κ2) is 5.80. The first-order valence-electron chi connectivity index (χ1n) is 7.95. The Kier molecular flexibility index (Phi) is 4.08. The zero-order valence-electron chi connectivity index (χ0n) is 11.8. The van der Waals surface area contributed by atoms with Crippen molar-refractivity contribution in [1.82, 2.24) is 9.80 Å².